The summed E-state index contributed by atoms with van der Waals surface area (Å²) in [6.45, 7) is 5.61. The van der Waals surface area contributed by atoms with Crippen LogP contribution in [0.1, 0.15) is 26.2 Å². The molecule has 0 spiro atoms. The Hall–Kier alpha value is -1.10. The SMILES string of the molecule is CCN(C(=O)CN1CCCC1=O)C1CCNC1. The van der Waals surface area contributed by atoms with Crippen LogP contribution in [0, 0.1) is 0 Å². The lowest BCUT2D eigenvalue weighted by molar-refractivity contribution is -0.139. The molecule has 2 aliphatic heterocycles. The number of hydrogen-bond acceptors (Lipinski definition) is 3. The van der Waals surface area contributed by atoms with Crippen molar-refractivity contribution in [2.75, 3.05) is 32.7 Å². The summed E-state index contributed by atoms with van der Waals surface area (Å²) in [6.07, 6.45) is 2.52. The fraction of sp³-hybridized carbons (Fsp3) is 0.833. The number of likely N-dealkylation sites (N-methyl/N-ethyl adjacent to an activating group) is 1. The van der Waals surface area contributed by atoms with Gasteiger partial charge in [-0.3, -0.25) is 9.59 Å². The number of amides is 2. The molecule has 1 unspecified atom stereocenters. The van der Waals surface area contributed by atoms with E-state index in [1.54, 1.807) is 4.90 Å². The molecule has 5 heteroatoms. The van der Waals surface area contributed by atoms with E-state index < -0.39 is 0 Å². The van der Waals surface area contributed by atoms with Gasteiger partial charge in [0, 0.05) is 32.1 Å². The monoisotopic (exact) mass is 239 g/mol. The first-order valence-electron chi connectivity index (χ1n) is 6.50. The molecule has 2 saturated heterocycles. The molecule has 2 aliphatic rings. The maximum Gasteiger partial charge on any atom is 0.242 e. The lowest BCUT2D eigenvalue weighted by atomic mass is 10.2. The average Bonchev–Trinajstić information content (AvgIpc) is 2.93. The normalized spacial score (nSPS) is 24.4. The van der Waals surface area contributed by atoms with Crippen molar-refractivity contribution in [2.45, 2.75) is 32.2 Å². The van der Waals surface area contributed by atoms with E-state index in [2.05, 4.69) is 5.32 Å². The van der Waals surface area contributed by atoms with Crippen LogP contribution in [-0.2, 0) is 9.59 Å². The molecule has 5 nitrogen and oxygen atoms in total. The van der Waals surface area contributed by atoms with Crippen molar-refractivity contribution in [1.29, 1.82) is 0 Å². The van der Waals surface area contributed by atoms with E-state index >= 15 is 0 Å². The van der Waals surface area contributed by atoms with Gasteiger partial charge in [0.15, 0.2) is 0 Å². The van der Waals surface area contributed by atoms with Crippen LogP contribution in [0.15, 0.2) is 0 Å². The van der Waals surface area contributed by atoms with Gasteiger partial charge < -0.3 is 15.1 Å². The minimum atomic E-state index is 0.0939. The summed E-state index contributed by atoms with van der Waals surface area (Å²) in [7, 11) is 0. The first kappa shape index (κ1) is 12.4. The van der Waals surface area contributed by atoms with Crippen molar-refractivity contribution in [3.63, 3.8) is 0 Å². The maximum absolute atomic E-state index is 12.2. The Balaban J connectivity index is 1.90. The van der Waals surface area contributed by atoms with Crippen LogP contribution in [0.3, 0.4) is 0 Å². The largest absolute Gasteiger partial charge is 0.337 e. The summed E-state index contributed by atoms with van der Waals surface area (Å²) < 4.78 is 0. The second kappa shape index (κ2) is 5.49. The maximum atomic E-state index is 12.2. The molecular weight excluding hydrogens is 218 g/mol. The number of hydrogen-bond donors (Lipinski definition) is 1. The lowest BCUT2D eigenvalue weighted by Crippen LogP contribution is -2.46. The predicted octanol–water partition coefficient (Wildman–Crippen LogP) is -0.181. The smallest absolute Gasteiger partial charge is 0.242 e. The average molecular weight is 239 g/mol. The zero-order valence-corrected chi connectivity index (χ0v) is 10.4. The first-order chi connectivity index (χ1) is 8.22. The van der Waals surface area contributed by atoms with Crippen LogP contribution in [0.2, 0.25) is 0 Å². The molecule has 0 aliphatic carbocycles. The van der Waals surface area contributed by atoms with Crippen LogP contribution in [-0.4, -0.2) is 60.4 Å². The molecule has 1 atom stereocenters. The fourth-order valence-corrected chi connectivity index (χ4v) is 2.67. The van der Waals surface area contributed by atoms with Gasteiger partial charge in [-0.15, -0.1) is 0 Å². The highest BCUT2D eigenvalue weighted by Gasteiger charge is 2.28. The number of carbonyl (C=O) groups excluding carboxylic acids is 2. The van der Waals surface area contributed by atoms with Crippen molar-refractivity contribution in [1.82, 2.24) is 15.1 Å². The highest BCUT2D eigenvalue weighted by molar-refractivity contribution is 5.86. The molecule has 0 saturated carbocycles. The lowest BCUT2D eigenvalue weighted by Gasteiger charge is -2.29. The first-order valence-corrected chi connectivity index (χ1v) is 6.50. The third kappa shape index (κ3) is 2.77. The van der Waals surface area contributed by atoms with E-state index in [9.17, 15) is 9.59 Å². The van der Waals surface area contributed by atoms with Gasteiger partial charge in [-0.1, -0.05) is 0 Å². The van der Waals surface area contributed by atoms with Crippen molar-refractivity contribution < 1.29 is 9.59 Å². The van der Waals surface area contributed by atoms with Gasteiger partial charge in [0.2, 0.25) is 11.8 Å². The number of rotatable bonds is 4. The molecule has 0 bridgehead atoms. The van der Waals surface area contributed by atoms with Gasteiger partial charge in [0.1, 0.15) is 0 Å². The molecule has 96 valence electrons. The molecule has 0 radical (unpaired) electrons. The molecule has 2 amide bonds. The van der Waals surface area contributed by atoms with Gasteiger partial charge in [0.05, 0.1) is 6.54 Å². The summed E-state index contributed by atoms with van der Waals surface area (Å²) in [4.78, 5) is 27.2. The molecular formula is C12H21N3O2. The van der Waals surface area contributed by atoms with Crippen molar-refractivity contribution in [2.24, 2.45) is 0 Å². The second-order valence-electron chi connectivity index (χ2n) is 4.75. The standard InChI is InChI=1S/C12H21N3O2/c1-2-15(10-5-6-13-8-10)12(17)9-14-7-3-4-11(14)16/h10,13H,2-9H2,1H3. The molecule has 0 aromatic heterocycles. The van der Waals surface area contributed by atoms with E-state index in [4.69, 9.17) is 0 Å². The highest BCUT2D eigenvalue weighted by atomic mass is 16.2. The van der Waals surface area contributed by atoms with E-state index in [-0.39, 0.29) is 18.4 Å². The van der Waals surface area contributed by atoms with Gasteiger partial charge in [-0.25, -0.2) is 0 Å². The highest BCUT2D eigenvalue weighted by Crippen LogP contribution is 2.12. The van der Waals surface area contributed by atoms with E-state index in [0.717, 1.165) is 39.0 Å². The van der Waals surface area contributed by atoms with Crippen molar-refractivity contribution in [3.05, 3.63) is 0 Å². The van der Waals surface area contributed by atoms with Crippen molar-refractivity contribution in [3.8, 4) is 0 Å². The number of likely N-dealkylation sites (tertiary alicyclic amines) is 1. The Kier molecular flexibility index (Phi) is 3.99. The minimum Gasteiger partial charge on any atom is -0.337 e. The van der Waals surface area contributed by atoms with Crippen LogP contribution < -0.4 is 5.32 Å². The predicted molar refractivity (Wildman–Crippen MR) is 64.5 cm³/mol. The van der Waals surface area contributed by atoms with Gasteiger partial charge in [-0.05, 0) is 26.3 Å². The zero-order chi connectivity index (χ0) is 12.3. The van der Waals surface area contributed by atoms with Crippen LogP contribution in [0.25, 0.3) is 0 Å². The van der Waals surface area contributed by atoms with Gasteiger partial charge >= 0.3 is 0 Å². The van der Waals surface area contributed by atoms with E-state index in [1.807, 2.05) is 11.8 Å². The summed E-state index contributed by atoms with van der Waals surface area (Å²) in [5, 5.41) is 3.27. The van der Waals surface area contributed by atoms with E-state index in [1.165, 1.54) is 0 Å². The molecule has 2 heterocycles. The molecule has 17 heavy (non-hydrogen) atoms. The third-order valence-electron chi connectivity index (χ3n) is 3.63. The van der Waals surface area contributed by atoms with E-state index in [0.29, 0.717) is 12.5 Å². The fourth-order valence-electron chi connectivity index (χ4n) is 2.67. The Morgan fingerprint density at radius 3 is 2.94 bits per heavy atom. The van der Waals surface area contributed by atoms with Crippen LogP contribution in [0.4, 0.5) is 0 Å². The number of carbonyl (C=O) groups is 2. The molecule has 0 aromatic rings. The quantitative estimate of drug-likeness (QED) is 0.740. The van der Waals surface area contributed by atoms with Crippen molar-refractivity contribution >= 4 is 11.8 Å². The minimum absolute atomic E-state index is 0.0939. The Morgan fingerprint density at radius 2 is 2.41 bits per heavy atom. The summed E-state index contributed by atoms with van der Waals surface area (Å²) in [6, 6.07) is 0.310. The zero-order valence-electron chi connectivity index (χ0n) is 10.4. The Labute approximate surface area is 102 Å². The Morgan fingerprint density at radius 1 is 1.59 bits per heavy atom. The summed E-state index contributed by atoms with van der Waals surface area (Å²) in [5.41, 5.74) is 0. The van der Waals surface area contributed by atoms with Crippen LogP contribution >= 0.6 is 0 Å². The topological polar surface area (TPSA) is 52.7 Å². The molecule has 2 fully saturated rings. The Bertz CT molecular complexity index is 300. The number of nitrogens with zero attached hydrogens (tertiary/aromatic N) is 2. The summed E-state index contributed by atoms with van der Waals surface area (Å²) in [5.74, 6) is 0.218. The second-order valence-corrected chi connectivity index (χ2v) is 4.75. The van der Waals surface area contributed by atoms with Gasteiger partial charge in [-0.2, -0.15) is 0 Å². The van der Waals surface area contributed by atoms with Gasteiger partial charge in [0.25, 0.3) is 0 Å². The third-order valence-corrected chi connectivity index (χ3v) is 3.63. The molecule has 2 rings (SSSR count). The summed E-state index contributed by atoms with van der Waals surface area (Å²) >= 11 is 0. The number of nitrogens with one attached hydrogen (secondary N) is 1. The molecule has 1 N–H and O–H groups in total. The van der Waals surface area contributed by atoms with Crippen LogP contribution in [0.5, 0.6) is 0 Å². The molecule has 0 aromatic carbocycles.